The Kier molecular flexibility index (Phi) is 8.73. The fourth-order valence-electron chi connectivity index (χ4n) is 3.49. The predicted molar refractivity (Wildman–Crippen MR) is 132 cm³/mol. The van der Waals surface area contributed by atoms with Gasteiger partial charge < -0.3 is 15.1 Å². The zero-order chi connectivity index (χ0) is 26.5. The standard InChI is InChI=1S/C26H27F4N3O2S/c1-17(2)33(25(35)31-22-6-4-5-20(13-22)26(28,29)30)16-24(34)32(15-23-18(3)11-12-36-23)14-19-7-9-21(27)10-8-19/h4-13,17H,14-16H2,1-3H3,(H,31,35). The number of carbonyl (C=O) groups is 2. The molecule has 0 spiro atoms. The van der Waals surface area contributed by atoms with E-state index in [0.29, 0.717) is 6.54 Å². The molecular weight excluding hydrogens is 494 g/mol. The summed E-state index contributed by atoms with van der Waals surface area (Å²) in [6, 6.07) is 11.0. The molecule has 5 nitrogen and oxygen atoms in total. The summed E-state index contributed by atoms with van der Waals surface area (Å²) < 4.78 is 52.5. The second-order valence-electron chi connectivity index (χ2n) is 8.63. The molecule has 0 unspecified atom stereocenters. The van der Waals surface area contributed by atoms with Gasteiger partial charge in [0.2, 0.25) is 5.91 Å². The summed E-state index contributed by atoms with van der Waals surface area (Å²) in [5.41, 5.74) is 0.845. The number of alkyl halides is 3. The molecule has 3 amide bonds. The molecule has 0 radical (unpaired) electrons. The third kappa shape index (κ3) is 7.30. The average Bonchev–Trinajstić information content (AvgIpc) is 3.21. The van der Waals surface area contributed by atoms with Crippen LogP contribution in [0.5, 0.6) is 0 Å². The van der Waals surface area contributed by atoms with E-state index in [1.54, 1.807) is 30.9 Å². The third-order valence-electron chi connectivity index (χ3n) is 5.57. The van der Waals surface area contributed by atoms with Crippen LogP contribution < -0.4 is 5.32 Å². The van der Waals surface area contributed by atoms with Gasteiger partial charge in [0.15, 0.2) is 0 Å². The Balaban J connectivity index is 1.78. The number of nitrogens with zero attached hydrogens (tertiary/aromatic N) is 2. The van der Waals surface area contributed by atoms with Crippen LogP contribution in [0.1, 0.15) is 35.4 Å². The van der Waals surface area contributed by atoms with Gasteiger partial charge in [-0.15, -0.1) is 11.3 Å². The molecule has 2 aromatic carbocycles. The number of nitrogens with one attached hydrogen (secondary N) is 1. The number of hydrogen-bond donors (Lipinski definition) is 1. The largest absolute Gasteiger partial charge is 0.416 e. The smallest absolute Gasteiger partial charge is 0.332 e. The van der Waals surface area contributed by atoms with Crippen LogP contribution in [-0.2, 0) is 24.1 Å². The Bertz CT molecular complexity index is 1190. The van der Waals surface area contributed by atoms with Gasteiger partial charge in [-0.25, -0.2) is 9.18 Å². The minimum atomic E-state index is -4.55. The van der Waals surface area contributed by atoms with E-state index in [-0.39, 0.29) is 30.5 Å². The Morgan fingerprint density at radius 2 is 1.72 bits per heavy atom. The molecule has 0 saturated heterocycles. The zero-order valence-electron chi connectivity index (χ0n) is 20.1. The fourth-order valence-corrected chi connectivity index (χ4v) is 4.41. The number of benzene rings is 2. The molecule has 3 aromatic rings. The lowest BCUT2D eigenvalue weighted by molar-refractivity contribution is -0.137. The molecule has 10 heteroatoms. The summed E-state index contributed by atoms with van der Waals surface area (Å²) in [7, 11) is 0. The number of carbonyl (C=O) groups excluding carboxylic acids is 2. The summed E-state index contributed by atoms with van der Waals surface area (Å²) in [6.45, 7) is 5.60. The second kappa shape index (κ2) is 11.6. The number of thiophene rings is 1. The first-order valence-corrected chi connectivity index (χ1v) is 12.1. The fraction of sp³-hybridized carbons (Fsp3) is 0.308. The molecule has 1 heterocycles. The molecule has 0 fully saturated rings. The highest BCUT2D eigenvalue weighted by Crippen LogP contribution is 2.30. The van der Waals surface area contributed by atoms with Gasteiger partial charge >= 0.3 is 12.2 Å². The van der Waals surface area contributed by atoms with E-state index >= 15 is 0 Å². The van der Waals surface area contributed by atoms with Crippen LogP contribution in [-0.4, -0.2) is 34.3 Å². The highest BCUT2D eigenvalue weighted by atomic mass is 32.1. The van der Waals surface area contributed by atoms with Gasteiger partial charge in [0.25, 0.3) is 0 Å². The lowest BCUT2D eigenvalue weighted by Gasteiger charge is -2.30. The molecule has 192 valence electrons. The summed E-state index contributed by atoms with van der Waals surface area (Å²) in [5, 5.41) is 4.39. The summed E-state index contributed by atoms with van der Waals surface area (Å²) in [4.78, 5) is 30.2. The summed E-state index contributed by atoms with van der Waals surface area (Å²) in [5.74, 6) is -0.733. The molecule has 1 N–H and O–H groups in total. The van der Waals surface area contributed by atoms with Crippen molar-refractivity contribution < 1.29 is 27.2 Å². The van der Waals surface area contributed by atoms with E-state index in [1.807, 2.05) is 18.4 Å². The van der Waals surface area contributed by atoms with E-state index in [4.69, 9.17) is 0 Å². The van der Waals surface area contributed by atoms with Gasteiger partial charge in [-0.1, -0.05) is 18.2 Å². The number of hydrogen-bond acceptors (Lipinski definition) is 3. The number of amides is 3. The first-order valence-electron chi connectivity index (χ1n) is 11.2. The van der Waals surface area contributed by atoms with E-state index < -0.39 is 23.8 Å². The monoisotopic (exact) mass is 521 g/mol. The summed E-state index contributed by atoms with van der Waals surface area (Å²) in [6.07, 6.45) is -4.55. The molecule has 3 rings (SSSR count). The number of halogens is 4. The van der Waals surface area contributed by atoms with Crippen LogP contribution in [0.25, 0.3) is 0 Å². The van der Waals surface area contributed by atoms with Gasteiger partial charge in [-0.3, -0.25) is 4.79 Å². The maximum Gasteiger partial charge on any atom is 0.416 e. The second-order valence-corrected chi connectivity index (χ2v) is 9.63. The van der Waals surface area contributed by atoms with E-state index in [2.05, 4.69) is 5.32 Å². The van der Waals surface area contributed by atoms with Crippen molar-refractivity contribution in [2.75, 3.05) is 11.9 Å². The minimum Gasteiger partial charge on any atom is -0.332 e. The van der Waals surface area contributed by atoms with Crippen molar-refractivity contribution in [1.29, 1.82) is 0 Å². The number of aryl methyl sites for hydroxylation is 1. The van der Waals surface area contributed by atoms with Crippen molar-refractivity contribution in [3.63, 3.8) is 0 Å². The van der Waals surface area contributed by atoms with Gasteiger partial charge in [0.05, 0.1) is 12.1 Å². The molecule has 1 aromatic heterocycles. The average molecular weight is 522 g/mol. The van der Waals surface area contributed by atoms with Crippen LogP contribution in [0.2, 0.25) is 0 Å². The Hall–Kier alpha value is -3.40. The normalized spacial score (nSPS) is 11.4. The van der Waals surface area contributed by atoms with Gasteiger partial charge in [-0.05, 0) is 73.7 Å². The van der Waals surface area contributed by atoms with Crippen molar-refractivity contribution in [3.05, 3.63) is 87.4 Å². The topological polar surface area (TPSA) is 52.7 Å². The van der Waals surface area contributed by atoms with Crippen molar-refractivity contribution in [2.45, 2.75) is 46.1 Å². The lowest BCUT2D eigenvalue weighted by atomic mass is 10.2. The van der Waals surface area contributed by atoms with Gasteiger partial charge in [-0.2, -0.15) is 13.2 Å². The molecule has 0 aliphatic carbocycles. The van der Waals surface area contributed by atoms with Gasteiger partial charge in [0.1, 0.15) is 12.4 Å². The lowest BCUT2D eigenvalue weighted by Crippen LogP contribution is -2.47. The van der Waals surface area contributed by atoms with E-state index in [9.17, 15) is 27.2 Å². The molecule has 0 bridgehead atoms. The van der Waals surface area contributed by atoms with Crippen LogP contribution in [0.3, 0.4) is 0 Å². The molecule has 0 aliphatic rings. The molecular formula is C26H27F4N3O2S. The first-order chi connectivity index (χ1) is 16.9. The van der Waals surface area contributed by atoms with Crippen LogP contribution in [0.4, 0.5) is 28.0 Å². The van der Waals surface area contributed by atoms with Gasteiger partial charge in [0, 0.05) is 23.2 Å². The highest BCUT2D eigenvalue weighted by molar-refractivity contribution is 7.10. The number of urea groups is 1. The zero-order valence-corrected chi connectivity index (χ0v) is 20.9. The molecule has 0 aliphatic heterocycles. The SMILES string of the molecule is Cc1ccsc1CN(Cc1ccc(F)cc1)C(=O)CN(C(=O)Nc1cccc(C(F)(F)F)c1)C(C)C. The number of anilines is 1. The van der Waals surface area contributed by atoms with Crippen molar-refractivity contribution in [3.8, 4) is 0 Å². The molecule has 0 saturated carbocycles. The highest BCUT2D eigenvalue weighted by Gasteiger charge is 2.31. The Morgan fingerprint density at radius 1 is 1.03 bits per heavy atom. The quantitative estimate of drug-likeness (QED) is 0.336. The van der Waals surface area contributed by atoms with E-state index in [1.165, 1.54) is 40.5 Å². The minimum absolute atomic E-state index is 0.0229. The maximum atomic E-state index is 13.4. The van der Waals surface area contributed by atoms with E-state index in [0.717, 1.165) is 28.1 Å². The maximum absolute atomic E-state index is 13.4. The summed E-state index contributed by atoms with van der Waals surface area (Å²) >= 11 is 1.51. The third-order valence-corrected chi connectivity index (χ3v) is 6.58. The van der Waals surface area contributed by atoms with Crippen LogP contribution in [0.15, 0.2) is 60.0 Å². The Morgan fingerprint density at radius 3 is 2.31 bits per heavy atom. The Labute approximate surface area is 211 Å². The van der Waals surface area contributed by atoms with Crippen molar-refractivity contribution in [2.24, 2.45) is 0 Å². The molecule has 36 heavy (non-hydrogen) atoms. The molecule has 0 atom stereocenters. The van der Waals surface area contributed by atoms with Crippen LogP contribution in [0, 0.1) is 12.7 Å². The van der Waals surface area contributed by atoms with Crippen LogP contribution >= 0.6 is 11.3 Å². The van der Waals surface area contributed by atoms with Crippen molar-refractivity contribution in [1.82, 2.24) is 9.80 Å². The first kappa shape index (κ1) is 27.2. The van der Waals surface area contributed by atoms with Crippen molar-refractivity contribution >= 4 is 29.0 Å². The predicted octanol–water partition coefficient (Wildman–Crippen LogP) is 6.69. The number of rotatable bonds is 8.